The number of benzene rings is 1. The first kappa shape index (κ1) is 9.39. The zero-order valence-electron chi connectivity index (χ0n) is 9.00. The Morgan fingerprint density at radius 2 is 2.06 bits per heavy atom. The van der Waals surface area contributed by atoms with Gasteiger partial charge < -0.3 is 5.73 Å². The van der Waals surface area contributed by atoms with E-state index >= 15 is 0 Å². The van der Waals surface area contributed by atoms with Crippen molar-refractivity contribution < 1.29 is 0 Å². The largest absolute Gasteiger partial charge is 0.366 e. The van der Waals surface area contributed by atoms with Gasteiger partial charge in [-0.05, 0) is 12.0 Å². The molecule has 2 aromatic rings. The Labute approximate surface area is 94.1 Å². The van der Waals surface area contributed by atoms with Gasteiger partial charge in [0.25, 0.3) is 0 Å². The minimum atomic E-state index is 0.392. The third-order valence-corrected chi connectivity index (χ3v) is 3.15. The van der Waals surface area contributed by atoms with Gasteiger partial charge in [-0.1, -0.05) is 30.3 Å². The minimum Gasteiger partial charge on any atom is -0.366 e. The second-order valence-electron chi connectivity index (χ2n) is 4.21. The van der Waals surface area contributed by atoms with E-state index in [1.165, 1.54) is 5.56 Å². The zero-order valence-corrected chi connectivity index (χ0v) is 9.00. The highest BCUT2D eigenvalue weighted by Gasteiger charge is 2.21. The van der Waals surface area contributed by atoms with Gasteiger partial charge in [-0.2, -0.15) is 4.98 Å². The van der Waals surface area contributed by atoms with Crippen LogP contribution in [0.2, 0.25) is 0 Å². The molecule has 0 saturated carbocycles. The molecule has 16 heavy (non-hydrogen) atoms. The van der Waals surface area contributed by atoms with Crippen molar-refractivity contribution in [1.29, 1.82) is 0 Å². The van der Waals surface area contributed by atoms with Gasteiger partial charge in [-0.3, -0.25) is 0 Å². The van der Waals surface area contributed by atoms with Gasteiger partial charge in [0.15, 0.2) is 0 Å². The fourth-order valence-corrected chi connectivity index (χ4v) is 2.33. The summed E-state index contributed by atoms with van der Waals surface area (Å²) in [5.74, 6) is 1.95. The molecule has 0 fully saturated rings. The number of nitrogens with zero attached hydrogens (tertiary/aromatic N) is 3. The topological polar surface area (TPSA) is 56.7 Å². The van der Waals surface area contributed by atoms with Crippen molar-refractivity contribution in [2.45, 2.75) is 25.3 Å². The van der Waals surface area contributed by atoms with Crippen molar-refractivity contribution in [2.24, 2.45) is 0 Å². The Bertz CT molecular complexity index is 489. The monoisotopic (exact) mass is 214 g/mol. The lowest BCUT2D eigenvalue weighted by atomic mass is 9.92. The molecule has 1 atom stereocenters. The van der Waals surface area contributed by atoms with Crippen LogP contribution in [0.1, 0.15) is 23.7 Å². The molecule has 0 bridgehead atoms. The molecular formula is C12H14N4. The summed E-state index contributed by atoms with van der Waals surface area (Å²) in [7, 11) is 0. The van der Waals surface area contributed by atoms with Gasteiger partial charge >= 0.3 is 0 Å². The molecule has 1 aromatic carbocycles. The lowest BCUT2D eigenvalue weighted by molar-refractivity contribution is 0.423. The Morgan fingerprint density at radius 3 is 2.88 bits per heavy atom. The molecule has 0 saturated heterocycles. The van der Waals surface area contributed by atoms with Gasteiger partial charge in [0.2, 0.25) is 5.95 Å². The van der Waals surface area contributed by atoms with Gasteiger partial charge in [0.05, 0.1) is 0 Å². The van der Waals surface area contributed by atoms with E-state index in [1.54, 1.807) is 0 Å². The SMILES string of the molecule is Nc1nc2n(n1)CC(c1ccccc1)CC2. The molecule has 1 aromatic heterocycles. The molecule has 2 N–H and O–H groups in total. The normalized spacial score (nSPS) is 19.4. The van der Waals surface area contributed by atoms with E-state index in [0.717, 1.165) is 25.2 Å². The van der Waals surface area contributed by atoms with E-state index in [2.05, 4.69) is 34.3 Å². The minimum absolute atomic E-state index is 0.392. The van der Waals surface area contributed by atoms with Crippen LogP contribution in [0.4, 0.5) is 5.95 Å². The number of aryl methyl sites for hydroxylation is 1. The summed E-state index contributed by atoms with van der Waals surface area (Å²) in [6, 6.07) is 10.6. The molecular weight excluding hydrogens is 200 g/mol. The number of nitrogens with two attached hydrogens (primary N) is 1. The number of anilines is 1. The second-order valence-corrected chi connectivity index (χ2v) is 4.21. The molecule has 2 heterocycles. The molecule has 0 radical (unpaired) electrons. The third kappa shape index (κ3) is 1.56. The summed E-state index contributed by atoms with van der Waals surface area (Å²) >= 11 is 0. The summed E-state index contributed by atoms with van der Waals surface area (Å²) in [5, 5.41) is 4.21. The quantitative estimate of drug-likeness (QED) is 0.784. The number of aromatic nitrogens is 3. The van der Waals surface area contributed by atoms with Crippen LogP contribution >= 0.6 is 0 Å². The molecule has 0 aliphatic carbocycles. The highest BCUT2D eigenvalue weighted by Crippen LogP contribution is 2.27. The van der Waals surface area contributed by atoms with Gasteiger partial charge in [0.1, 0.15) is 5.82 Å². The van der Waals surface area contributed by atoms with Crippen molar-refractivity contribution >= 4 is 5.95 Å². The molecule has 0 spiro atoms. The summed E-state index contributed by atoms with van der Waals surface area (Å²) in [6.07, 6.45) is 2.09. The highest BCUT2D eigenvalue weighted by molar-refractivity contribution is 5.22. The third-order valence-electron chi connectivity index (χ3n) is 3.15. The van der Waals surface area contributed by atoms with Crippen molar-refractivity contribution in [3.63, 3.8) is 0 Å². The Kier molecular flexibility index (Phi) is 2.13. The van der Waals surface area contributed by atoms with Crippen LogP contribution < -0.4 is 5.73 Å². The van der Waals surface area contributed by atoms with Crippen molar-refractivity contribution in [2.75, 3.05) is 5.73 Å². The Morgan fingerprint density at radius 1 is 1.25 bits per heavy atom. The average molecular weight is 214 g/mol. The Hall–Kier alpha value is -1.84. The van der Waals surface area contributed by atoms with Crippen molar-refractivity contribution in [3.05, 3.63) is 41.7 Å². The van der Waals surface area contributed by atoms with Crippen LogP contribution in [-0.4, -0.2) is 14.8 Å². The van der Waals surface area contributed by atoms with E-state index in [1.807, 2.05) is 10.7 Å². The van der Waals surface area contributed by atoms with E-state index < -0.39 is 0 Å². The highest BCUT2D eigenvalue weighted by atomic mass is 15.4. The summed E-state index contributed by atoms with van der Waals surface area (Å²) in [5.41, 5.74) is 6.98. The predicted molar refractivity (Wildman–Crippen MR) is 61.9 cm³/mol. The lowest BCUT2D eigenvalue weighted by Crippen LogP contribution is -2.19. The van der Waals surface area contributed by atoms with Crippen LogP contribution in [0.3, 0.4) is 0 Å². The molecule has 1 aliphatic heterocycles. The maximum absolute atomic E-state index is 5.60. The van der Waals surface area contributed by atoms with Crippen LogP contribution in [0, 0.1) is 0 Å². The Balaban J connectivity index is 1.88. The molecule has 1 unspecified atom stereocenters. The number of nitrogen functional groups attached to an aromatic ring is 1. The van der Waals surface area contributed by atoms with E-state index in [4.69, 9.17) is 5.73 Å². The summed E-state index contributed by atoms with van der Waals surface area (Å²) < 4.78 is 1.94. The smallest absolute Gasteiger partial charge is 0.239 e. The number of fused-ring (bicyclic) bond motifs is 1. The maximum Gasteiger partial charge on any atom is 0.239 e. The average Bonchev–Trinajstić information content (AvgIpc) is 2.69. The fourth-order valence-electron chi connectivity index (χ4n) is 2.33. The first-order valence-corrected chi connectivity index (χ1v) is 5.57. The molecule has 0 amide bonds. The second kappa shape index (κ2) is 3.63. The first-order chi connectivity index (χ1) is 7.83. The van der Waals surface area contributed by atoms with Crippen molar-refractivity contribution in [1.82, 2.24) is 14.8 Å². The molecule has 82 valence electrons. The standard InChI is InChI=1S/C12H14N4/c13-12-14-11-7-6-10(8-16(11)15-12)9-4-2-1-3-5-9/h1-5,10H,6-8H2,(H2,13,15). The van der Waals surface area contributed by atoms with Gasteiger partial charge in [-0.15, -0.1) is 5.10 Å². The van der Waals surface area contributed by atoms with Crippen LogP contribution in [0.15, 0.2) is 30.3 Å². The van der Waals surface area contributed by atoms with Crippen LogP contribution in [-0.2, 0) is 13.0 Å². The van der Waals surface area contributed by atoms with Crippen LogP contribution in [0.5, 0.6) is 0 Å². The predicted octanol–water partition coefficient (Wildman–Crippen LogP) is 1.59. The van der Waals surface area contributed by atoms with Crippen LogP contribution in [0.25, 0.3) is 0 Å². The van der Waals surface area contributed by atoms with Gasteiger partial charge in [0, 0.05) is 18.9 Å². The number of rotatable bonds is 1. The lowest BCUT2D eigenvalue weighted by Gasteiger charge is -2.22. The zero-order chi connectivity index (χ0) is 11.0. The molecule has 4 nitrogen and oxygen atoms in total. The maximum atomic E-state index is 5.60. The number of hydrogen-bond acceptors (Lipinski definition) is 3. The van der Waals surface area contributed by atoms with E-state index in [9.17, 15) is 0 Å². The van der Waals surface area contributed by atoms with E-state index in [0.29, 0.717) is 11.9 Å². The van der Waals surface area contributed by atoms with Crippen molar-refractivity contribution in [3.8, 4) is 0 Å². The summed E-state index contributed by atoms with van der Waals surface area (Å²) in [4.78, 5) is 4.21. The van der Waals surface area contributed by atoms with E-state index in [-0.39, 0.29) is 0 Å². The molecule has 3 rings (SSSR count). The van der Waals surface area contributed by atoms with Gasteiger partial charge in [-0.25, -0.2) is 4.68 Å². The summed E-state index contributed by atoms with van der Waals surface area (Å²) in [6.45, 7) is 0.892. The molecule has 1 aliphatic rings. The fraction of sp³-hybridized carbons (Fsp3) is 0.333. The molecule has 4 heteroatoms. The number of hydrogen-bond donors (Lipinski definition) is 1. The first-order valence-electron chi connectivity index (χ1n) is 5.57.